The van der Waals surface area contributed by atoms with Crippen molar-refractivity contribution in [2.45, 2.75) is 39.3 Å². The molecular formula is C15H19BrClNO2. The van der Waals surface area contributed by atoms with Crippen molar-refractivity contribution in [1.82, 2.24) is 4.90 Å². The Bertz CT molecular complexity index is 521. The summed E-state index contributed by atoms with van der Waals surface area (Å²) < 4.78 is 1.03. The fourth-order valence-electron chi connectivity index (χ4n) is 2.79. The summed E-state index contributed by atoms with van der Waals surface area (Å²) in [7, 11) is 0. The lowest BCUT2D eigenvalue weighted by molar-refractivity contribution is -0.145. The van der Waals surface area contributed by atoms with Crippen molar-refractivity contribution in [2.24, 2.45) is 5.92 Å². The SMILES string of the molecule is Cc1cc(Br)c(CN2CCC[C@@H](C(=O)O)[C@H]2C)cc1Cl. The van der Waals surface area contributed by atoms with Gasteiger partial charge in [-0.3, -0.25) is 9.69 Å². The molecule has 0 amide bonds. The number of likely N-dealkylation sites (tertiary alicyclic amines) is 1. The minimum atomic E-state index is -0.691. The first-order valence-corrected chi connectivity index (χ1v) is 7.98. The Morgan fingerprint density at radius 3 is 2.90 bits per heavy atom. The number of nitrogens with zero attached hydrogens (tertiary/aromatic N) is 1. The summed E-state index contributed by atoms with van der Waals surface area (Å²) in [5.41, 5.74) is 2.15. The first kappa shape index (κ1) is 15.8. The molecule has 2 atom stereocenters. The summed E-state index contributed by atoms with van der Waals surface area (Å²) in [5, 5.41) is 10.0. The maximum atomic E-state index is 11.3. The van der Waals surface area contributed by atoms with Crippen molar-refractivity contribution < 1.29 is 9.90 Å². The van der Waals surface area contributed by atoms with Gasteiger partial charge in [0.1, 0.15) is 0 Å². The van der Waals surface area contributed by atoms with Crippen LogP contribution in [0.5, 0.6) is 0 Å². The molecule has 110 valence electrons. The number of aryl methyl sites for hydroxylation is 1. The Hall–Kier alpha value is -0.580. The van der Waals surface area contributed by atoms with Crippen molar-refractivity contribution >= 4 is 33.5 Å². The number of rotatable bonds is 3. The van der Waals surface area contributed by atoms with Crippen LogP contribution in [0.15, 0.2) is 16.6 Å². The molecule has 1 aromatic rings. The highest BCUT2D eigenvalue weighted by atomic mass is 79.9. The number of benzene rings is 1. The number of hydrogen-bond donors (Lipinski definition) is 1. The predicted octanol–water partition coefficient (Wildman–Crippen LogP) is 4.10. The van der Waals surface area contributed by atoms with E-state index in [2.05, 4.69) is 20.8 Å². The number of carbonyl (C=O) groups is 1. The van der Waals surface area contributed by atoms with Gasteiger partial charge in [-0.15, -0.1) is 0 Å². The molecule has 0 aliphatic carbocycles. The molecule has 0 spiro atoms. The van der Waals surface area contributed by atoms with Crippen LogP contribution in [0.3, 0.4) is 0 Å². The Morgan fingerprint density at radius 2 is 2.25 bits per heavy atom. The van der Waals surface area contributed by atoms with Gasteiger partial charge in [0.2, 0.25) is 0 Å². The predicted molar refractivity (Wildman–Crippen MR) is 84.1 cm³/mol. The second-order valence-electron chi connectivity index (χ2n) is 5.49. The number of hydrogen-bond acceptors (Lipinski definition) is 2. The topological polar surface area (TPSA) is 40.5 Å². The zero-order chi connectivity index (χ0) is 14.9. The van der Waals surface area contributed by atoms with Crippen molar-refractivity contribution in [2.75, 3.05) is 6.54 Å². The van der Waals surface area contributed by atoms with Gasteiger partial charge in [-0.2, -0.15) is 0 Å². The van der Waals surface area contributed by atoms with Crippen molar-refractivity contribution in [1.29, 1.82) is 0 Å². The second kappa shape index (κ2) is 6.46. The van der Waals surface area contributed by atoms with Crippen LogP contribution in [0.1, 0.15) is 30.9 Å². The molecule has 0 radical (unpaired) electrons. The third kappa shape index (κ3) is 3.35. The van der Waals surface area contributed by atoms with Gasteiger partial charge in [0.25, 0.3) is 0 Å². The molecule has 0 aromatic heterocycles. The van der Waals surface area contributed by atoms with E-state index < -0.39 is 5.97 Å². The molecule has 0 unspecified atom stereocenters. The summed E-state index contributed by atoms with van der Waals surface area (Å²) in [6, 6.07) is 4.03. The standard InChI is InChI=1S/C15H19BrClNO2/c1-9-6-13(16)11(7-14(9)17)8-18-5-3-4-12(10(18)2)15(19)20/h6-7,10,12H,3-5,8H2,1-2H3,(H,19,20)/t10-,12-/m1/s1. The Labute approximate surface area is 133 Å². The zero-order valence-electron chi connectivity index (χ0n) is 11.7. The fraction of sp³-hybridized carbons (Fsp3) is 0.533. The highest BCUT2D eigenvalue weighted by Gasteiger charge is 2.32. The van der Waals surface area contributed by atoms with E-state index in [9.17, 15) is 9.90 Å². The molecule has 1 N–H and O–H groups in total. The van der Waals surface area contributed by atoms with Crippen LogP contribution in [0.25, 0.3) is 0 Å². The monoisotopic (exact) mass is 359 g/mol. The molecule has 1 saturated heterocycles. The van der Waals surface area contributed by atoms with E-state index in [4.69, 9.17) is 11.6 Å². The van der Waals surface area contributed by atoms with E-state index in [1.807, 2.05) is 26.0 Å². The molecule has 0 saturated carbocycles. The highest BCUT2D eigenvalue weighted by molar-refractivity contribution is 9.10. The average Bonchev–Trinajstić information content (AvgIpc) is 2.37. The lowest BCUT2D eigenvalue weighted by atomic mass is 9.90. The van der Waals surface area contributed by atoms with Crippen molar-refractivity contribution in [3.63, 3.8) is 0 Å². The van der Waals surface area contributed by atoms with Crippen molar-refractivity contribution in [3.05, 3.63) is 32.8 Å². The highest BCUT2D eigenvalue weighted by Crippen LogP contribution is 2.30. The third-order valence-electron chi connectivity index (χ3n) is 4.14. The molecule has 1 aliphatic heterocycles. The van der Waals surface area contributed by atoms with Crippen molar-refractivity contribution in [3.8, 4) is 0 Å². The van der Waals surface area contributed by atoms with E-state index in [1.54, 1.807) is 0 Å². The maximum absolute atomic E-state index is 11.3. The normalized spacial score (nSPS) is 23.8. The van der Waals surface area contributed by atoms with Crippen LogP contribution in [0, 0.1) is 12.8 Å². The number of aliphatic carboxylic acids is 1. The molecule has 0 bridgehead atoms. The molecule has 1 aromatic carbocycles. The van der Waals surface area contributed by atoms with Gasteiger partial charge >= 0.3 is 5.97 Å². The molecule has 2 rings (SSSR count). The summed E-state index contributed by atoms with van der Waals surface area (Å²) in [4.78, 5) is 13.5. The van der Waals surface area contributed by atoms with Gasteiger partial charge in [-0.1, -0.05) is 27.5 Å². The smallest absolute Gasteiger partial charge is 0.308 e. The van der Waals surface area contributed by atoms with E-state index in [1.165, 1.54) is 0 Å². The lowest BCUT2D eigenvalue weighted by Crippen LogP contribution is -2.45. The van der Waals surface area contributed by atoms with E-state index in [0.717, 1.165) is 46.6 Å². The van der Waals surface area contributed by atoms with Crippen LogP contribution >= 0.6 is 27.5 Å². The lowest BCUT2D eigenvalue weighted by Gasteiger charge is -2.37. The van der Waals surface area contributed by atoms with Crippen LogP contribution in [-0.4, -0.2) is 28.6 Å². The minimum Gasteiger partial charge on any atom is -0.481 e. The molecular weight excluding hydrogens is 342 g/mol. The summed E-state index contributed by atoms with van der Waals surface area (Å²) in [6.07, 6.45) is 1.70. The van der Waals surface area contributed by atoms with Crippen LogP contribution in [0.2, 0.25) is 5.02 Å². The van der Waals surface area contributed by atoms with Crippen LogP contribution < -0.4 is 0 Å². The first-order chi connectivity index (χ1) is 9.40. The van der Waals surface area contributed by atoms with Gasteiger partial charge in [-0.25, -0.2) is 0 Å². The van der Waals surface area contributed by atoms with Gasteiger partial charge in [0, 0.05) is 22.1 Å². The number of halogens is 2. The molecule has 1 aliphatic rings. The second-order valence-corrected chi connectivity index (χ2v) is 6.75. The van der Waals surface area contributed by atoms with Gasteiger partial charge in [-0.05, 0) is 56.5 Å². The van der Waals surface area contributed by atoms with Gasteiger partial charge in [0.05, 0.1) is 5.92 Å². The number of carboxylic acids is 1. The van der Waals surface area contributed by atoms with Crippen LogP contribution in [-0.2, 0) is 11.3 Å². The summed E-state index contributed by atoms with van der Waals surface area (Å²) in [5.74, 6) is -0.966. The summed E-state index contributed by atoms with van der Waals surface area (Å²) >= 11 is 9.76. The van der Waals surface area contributed by atoms with E-state index in [0.29, 0.717) is 0 Å². The minimum absolute atomic E-state index is 0.0493. The number of carboxylic acid groups (broad SMARTS) is 1. The molecule has 1 heterocycles. The Kier molecular flexibility index (Phi) is 5.10. The third-order valence-corrected chi connectivity index (χ3v) is 5.28. The summed E-state index contributed by atoms with van der Waals surface area (Å²) in [6.45, 7) is 5.64. The maximum Gasteiger partial charge on any atom is 0.308 e. The number of piperidine rings is 1. The molecule has 1 fully saturated rings. The zero-order valence-corrected chi connectivity index (χ0v) is 14.0. The molecule has 3 nitrogen and oxygen atoms in total. The van der Waals surface area contributed by atoms with Crippen LogP contribution in [0.4, 0.5) is 0 Å². The van der Waals surface area contributed by atoms with E-state index >= 15 is 0 Å². The van der Waals surface area contributed by atoms with Gasteiger partial charge < -0.3 is 5.11 Å². The Morgan fingerprint density at radius 1 is 1.55 bits per heavy atom. The quantitative estimate of drug-likeness (QED) is 0.882. The fourth-order valence-corrected chi connectivity index (χ4v) is 3.56. The first-order valence-electron chi connectivity index (χ1n) is 6.81. The van der Waals surface area contributed by atoms with E-state index in [-0.39, 0.29) is 12.0 Å². The largest absolute Gasteiger partial charge is 0.481 e. The molecule has 20 heavy (non-hydrogen) atoms. The van der Waals surface area contributed by atoms with Gasteiger partial charge in [0.15, 0.2) is 0 Å². The average molecular weight is 361 g/mol. The molecule has 5 heteroatoms. The Balaban J connectivity index is 2.17.